The molecule has 0 radical (unpaired) electrons. The second kappa shape index (κ2) is 9.27. The Kier molecular flexibility index (Phi) is 6.53. The molecule has 0 aliphatic carbocycles. The minimum atomic E-state index is -0.496. The Bertz CT molecular complexity index is 913. The van der Waals surface area contributed by atoms with Crippen molar-refractivity contribution in [2.24, 2.45) is 0 Å². The second-order valence-corrected chi connectivity index (χ2v) is 6.59. The lowest BCUT2D eigenvalue weighted by molar-refractivity contribution is -0.112. The molecular weight excluding hydrogens is 378 g/mol. The van der Waals surface area contributed by atoms with Crippen molar-refractivity contribution in [1.29, 1.82) is 5.26 Å². The molecular formula is C21H20ClN3O3. The van der Waals surface area contributed by atoms with Gasteiger partial charge in [-0.3, -0.25) is 4.79 Å². The quantitative estimate of drug-likeness (QED) is 0.614. The smallest absolute Gasteiger partial charge is 0.266 e. The number of hydrogen-bond donors (Lipinski definition) is 1. The lowest BCUT2D eigenvalue weighted by atomic mass is 10.1. The van der Waals surface area contributed by atoms with E-state index in [0.29, 0.717) is 35.2 Å². The zero-order chi connectivity index (χ0) is 19.9. The predicted octanol–water partition coefficient (Wildman–Crippen LogP) is 3.73. The number of morpholine rings is 1. The number of benzene rings is 2. The van der Waals surface area contributed by atoms with Crippen LogP contribution in [0.4, 0.5) is 11.4 Å². The summed E-state index contributed by atoms with van der Waals surface area (Å²) in [5.74, 6) is 0.0974. The van der Waals surface area contributed by atoms with Crippen molar-refractivity contribution in [1.82, 2.24) is 0 Å². The highest BCUT2D eigenvalue weighted by molar-refractivity contribution is 6.30. The molecule has 7 heteroatoms. The summed E-state index contributed by atoms with van der Waals surface area (Å²) in [7, 11) is 1.57. The number of methoxy groups -OCH3 is 1. The zero-order valence-electron chi connectivity index (χ0n) is 15.4. The summed E-state index contributed by atoms with van der Waals surface area (Å²) in [4.78, 5) is 14.7. The molecule has 1 heterocycles. The van der Waals surface area contributed by atoms with Gasteiger partial charge in [-0.15, -0.1) is 0 Å². The fourth-order valence-corrected chi connectivity index (χ4v) is 3.00. The van der Waals surface area contributed by atoms with Gasteiger partial charge >= 0.3 is 0 Å². The largest absolute Gasteiger partial charge is 0.496 e. The topological polar surface area (TPSA) is 74.6 Å². The van der Waals surface area contributed by atoms with Gasteiger partial charge in [-0.05, 0) is 42.5 Å². The van der Waals surface area contributed by atoms with Crippen LogP contribution in [0, 0.1) is 11.3 Å². The molecule has 1 aliphatic heterocycles. The molecule has 1 fully saturated rings. The van der Waals surface area contributed by atoms with Crippen molar-refractivity contribution >= 4 is 35.0 Å². The summed E-state index contributed by atoms with van der Waals surface area (Å²) in [6.45, 7) is 3.00. The molecule has 0 atom stereocenters. The molecule has 0 spiro atoms. The fraction of sp³-hybridized carbons (Fsp3) is 0.238. The molecule has 3 rings (SSSR count). The highest BCUT2D eigenvalue weighted by Gasteiger charge is 2.15. The van der Waals surface area contributed by atoms with Crippen molar-refractivity contribution in [3.63, 3.8) is 0 Å². The molecule has 0 aromatic heterocycles. The second-order valence-electron chi connectivity index (χ2n) is 6.16. The molecule has 28 heavy (non-hydrogen) atoms. The van der Waals surface area contributed by atoms with Crippen LogP contribution in [-0.4, -0.2) is 39.3 Å². The van der Waals surface area contributed by atoms with Gasteiger partial charge in [-0.25, -0.2) is 0 Å². The summed E-state index contributed by atoms with van der Waals surface area (Å²) < 4.78 is 10.9. The van der Waals surface area contributed by atoms with Gasteiger partial charge in [0.15, 0.2) is 0 Å². The van der Waals surface area contributed by atoms with Crippen LogP contribution < -0.4 is 15.0 Å². The van der Waals surface area contributed by atoms with Gasteiger partial charge in [0.05, 0.1) is 20.3 Å². The zero-order valence-corrected chi connectivity index (χ0v) is 16.2. The first-order valence-corrected chi connectivity index (χ1v) is 9.18. The van der Waals surface area contributed by atoms with Crippen molar-refractivity contribution in [3.8, 4) is 11.8 Å². The number of nitriles is 1. The van der Waals surface area contributed by atoms with Crippen LogP contribution in [0.25, 0.3) is 6.08 Å². The summed E-state index contributed by atoms with van der Waals surface area (Å²) in [5, 5.41) is 12.7. The first-order chi connectivity index (χ1) is 13.6. The van der Waals surface area contributed by atoms with Gasteiger partial charge in [0.2, 0.25) is 0 Å². The fourth-order valence-electron chi connectivity index (χ4n) is 2.87. The van der Waals surface area contributed by atoms with Crippen LogP contribution in [0.2, 0.25) is 5.02 Å². The maximum atomic E-state index is 12.4. The molecule has 2 aromatic rings. The lowest BCUT2D eigenvalue weighted by Crippen LogP contribution is -2.36. The van der Waals surface area contributed by atoms with Gasteiger partial charge in [0, 0.05) is 41.1 Å². The SMILES string of the molecule is COc1cc(N2CCOCC2)ccc1/C=C(/C#N)C(=O)Nc1ccc(Cl)cc1. The van der Waals surface area contributed by atoms with Gasteiger partial charge in [-0.1, -0.05) is 11.6 Å². The Balaban J connectivity index is 1.81. The normalized spacial score (nSPS) is 14.3. The molecule has 1 N–H and O–H groups in total. The number of ether oxygens (including phenoxy) is 2. The highest BCUT2D eigenvalue weighted by Crippen LogP contribution is 2.28. The number of carbonyl (C=O) groups excluding carboxylic acids is 1. The molecule has 144 valence electrons. The number of rotatable bonds is 5. The third-order valence-electron chi connectivity index (χ3n) is 4.36. The molecule has 0 bridgehead atoms. The van der Waals surface area contributed by atoms with E-state index in [-0.39, 0.29) is 5.57 Å². The Hall–Kier alpha value is -3.01. The molecule has 1 saturated heterocycles. The Morgan fingerprint density at radius 2 is 1.96 bits per heavy atom. The number of amides is 1. The number of anilines is 2. The van der Waals surface area contributed by atoms with E-state index in [4.69, 9.17) is 21.1 Å². The van der Waals surface area contributed by atoms with E-state index in [1.165, 1.54) is 6.08 Å². The highest BCUT2D eigenvalue weighted by atomic mass is 35.5. The monoisotopic (exact) mass is 397 g/mol. The van der Waals surface area contributed by atoms with Crippen molar-refractivity contribution in [2.45, 2.75) is 0 Å². The van der Waals surface area contributed by atoms with E-state index in [1.807, 2.05) is 24.3 Å². The van der Waals surface area contributed by atoms with E-state index in [1.54, 1.807) is 31.4 Å². The molecule has 6 nitrogen and oxygen atoms in total. The summed E-state index contributed by atoms with van der Waals surface area (Å²) >= 11 is 5.85. The van der Waals surface area contributed by atoms with E-state index in [0.717, 1.165) is 18.8 Å². The average molecular weight is 398 g/mol. The van der Waals surface area contributed by atoms with Gasteiger partial charge in [0.1, 0.15) is 17.4 Å². The summed E-state index contributed by atoms with van der Waals surface area (Å²) in [6, 6.07) is 14.3. The van der Waals surface area contributed by atoms with Crippen molar-refractivity contribution in [3.05, 3.63) is 58.6 Å². The molecule has 0 unspecified atom stereocenters. The summed E-state index contributed by atoms with van der Waals surface area (Å²) in [5.41, 5.74) is 2.21. The van der Waals surface area contributed by atoms with E-state index in [9.17, 15) is 10.1 Å². The van der Waals surface area contributed by atoms with E-state index in [2.05, 4.69) is 10.2 Å². The number of nitrogens with zero attached hydrogens (tertiary/aromatic N) is 2. The maximum absolute atomic E-state index is 12.4. The van der Waals surface area contributed by atoms with Crippen molar-refractivity contribution in [2.75, 3.05) is 43.6 Å². The minimum Gasteiger partial charge on any atom is -0.496 e. The molecule has 2 aromatic carbocycles. The number of carbonyl (C=O) groups is 1. The van der Waals surface area contributed by atoms with Crippen LogP contribution in [0.15, 0.2) is 48.0 Å². The third-order valence-corrected chi connectivity index (χ3v) is 4.61. The summed E-state index contributed by atoms with van der Waals surface area (Å²) in [6.07, 6.45) is 1.52. The first kappa shape index (κ1) is 19.7. The molecule has 1 amide bonds. The predicted molar refractivity (Wildman–Crippen MR) is 110 cm³/mol. The van der Waals surface area contributed by atoms with E-state index >= 15 is 0 Å². The van der Waals surface area contributed by atoms with Crippen LogP contribution in [-0.2, 0) is 9.53 Å². The first-order valence-electron chi connectivity index (χ1n) is 8.80. The average Bonchev–Trinajstić information content (AvgIpc) is 2.74. The van der Waals surface area contributed by atoms with Gasteiger partial charge in [0.25, 0.3) is 5.91 Å². The Morgan fingerprint density at radius 1 is 1.25 bits per heavy atom. The number of halogens is 1. The lowest BCUT2D eigenvalue weighted by Gasteiger charge is -2.29. The maximum Gasteiger partial charge on any atom is 0.266 e. The molecule has 1 aliphatic rings. The Morgan fingerprint density at radius 3 is 2.61 bits per heavy atom. The minimum absolute atomic E-state index is 0.0210. The number of hydrogen-bond acceptors (Lipinski definition) is 5. The third kappa shape index (κ3) is 4.83. The van der Waals surface area contributed by atoms with Crippen LogP contribution in [0.3, 0.4) is 0 Å². The van der Waals surface area contributed by atoms with Crippen LogP contribution in [0.5, 0.6) is 5.75 Å². The van der Waals surface area contributed by atoms with E-state index < -0.39 is 5.91 Å². The Labute approximate surface area is 168 Å². The molecule has 0 saturated carbocycles. The van der Waals surface area contributed by atoms with Gasteiger partial charge < -0.3 is 19.7 Å². The van der Waals surface area contributed by atoms with Crippen molar-refractivity contribution < 1.29 is 14.3 Å². The van der Waals surface area contributed by atoms with Gasteiger partial charge in [-0.2, -0.15) is 5.26 Å². The number of nitrogens with one attached hydrogen (secondary N) is 1. The van der Waals surface area contributed by atoms with Crippen LogP contribution in [0.1, 0.15) is 5.56 Å². The van der Waals surface area contributed by atoms with Crippen LogP contribution >= 0.6 is 11.6 Å². The standard InChI is InChI=1S/C21H20ClN3O3/c1-27-20-13-19(25-8-10-28-11-9-25)7-2-15(20)12-16(14-23)21(26)24-18-5-3-17(22)4-6-18/h2-7,12-13H,8-11H2,1H3,(H,24,26)/b16-12-.